The Morgan fingerprint density at radius 1 is 0.852 bits per heavy atom. The highest BCUT2D eigenvalue weighted by molar-refractivity contribution is 5.23. The standard InChI is InChI=1S/C24H36N2O/c1-19(26-20(2)24(27)23-12-4-3-5-13-23)9-8-11-22-16-14-21(15-17-22)10-6-7-18-25/h3-5,12-17,19-20,24,26-27H,6-11,18,25H2,1-2H3/t19-,20-,24-/m0/s1. The zero-order valence-corrected chi connectivity index (χ0v) is 16.9. The van der Waals surface area contributed by atoms with E-state index in [0.29, 0.717) is 6.04 Å². The van der Waals surface area contributed by atoms with E-state index in [1.54, 1.807) is 0 Å². The molecule has 0 unspecified atom stereocenters. The van der Waals surface area contributed by atoms with Crippen LogP contribution in [0.4, 0.5) is 0 Å². The number of aliphatic hydroxyl groups excluding tert-OH is 1. The topological polar surface area (TPSA) is 58.3 Å². The Labute approximate surface area is 165 Å². The predicted molar refractivity (Wildman–Crippen MR) is 115 cm³/mol. The molecule has 2 aromatic rings. The summed E-state index contributed by atoms with van der Waals surface area (Å²) in [5.41, 5.74) is 9.33. The maximum Gasteiger partial charge on any atom is 0.0940 e. The predicted octanol–water partition coefficient (Wildman–Crippen LogP) is 4.39. The number of unbranched alkanes of at least 4 members (excludes halogenated alkanes) is 1. The third kappa shape index (κ3) is 7.84. The number of hydrogen-bond acceptors (Lipinski definition) is 3. The summed E-state index contributed by atoms with van der Waals surface area (Å²) < 4.78 is 0. The molecule has 0 spiro atoms. The Morgan fingerprint density at radius 2 is 1.44 bits per heavy atom. The molecule has 3 atom stereocenters. The molecule has 0 radical (unpaired) electrons. The molecule has 0 saturated heterocycles. The Kier molecular flexibility index (Phi) is 9.54. The van der Waals surface area contributed by atoms with Gasteiger partial charge in [-0.3, -0.25) is 0 Å². The first-order chi connectivity index (χ1) is 13.1. The van der Waals surface area contributed by atoms with Crippen molar-refractivity contribution in [2.45, 2.75) is 70.6 Å². The lowest BCUT2D eigenvalue weighted by Gasteiger charge is -2.24. The summed E-state index contributed by atoms with van der Waals surface area (Å²) in [7, 11) is 0. The van der Waals surface area contributed by atoms with Crippen molar-refractivity contribution in [2.75, 3.05) is 6.54 Å². The van der Waals surface area contributed by atoms with Crippen LogP contribution in [0.5, 0.6) is 0 Å². The minimum atomic E-state index is -0.472. The fraction of sp³-hybridized carbons (Fsp3) is 0.500. The molecule has 3 heteroatoms. The molecule has 0 bridgehead atoms. The van der Waals surface area contributed by atoms with Gasteiger partial charge >= 0.3 is 0 Å². The first-order valence-electron chi connectivity index (χ1n) is 10.4. The lowest BCUT2D eigenvalue weighted by atomic mass is 10.0. The summed E-state index contributed by atoms with van der Waals surface area (Å²) in [4.78, 5) is 0. The average molecular weight is 369 g/mol. The Morgan fingerprint density at radius 3 is 2.04 bits per heavy atom. The van der Waals surface area contributed by atoms with Crippen molar-refractivity contribution in [3.8, 4) is 0 Å². The van der Waals surface area contributed by atoms with Gasteiger partial charge in [-0.2, -0.15) is 0 Å². The van der Waals surface area contributed by atoms with Crippen LogP contribution in [0.25, 0.3) is 0 Å². The van der Waals surface area contributed by atoms with Crippen molar-refractivity contribution in [3.63, 3.8) is 0 Å². The van der Waals surface area contributed by atoms with Crippen molar-refractivity contribution in [2.24, 2.45) is 5.73 Å². The molecule has 0 aliphatic rings. The second kappa shape index (κ2) is 11.9. The lowest BCUT2D eigenvalue weighted by molar-refractivity contribution is 0.129. The lowest BCUT2D eigenvalue weighted by Crippen LogP contribution is -2.38. The molecule has 0 aromatic heterocycles. The smallest absolute Gasteiger partial charge is 0.0940 e. The molecule has 0 aliphatic carbocycles. The summed E-state index contributed by atoms with van der Waals surface area (Å²) in [6, 6.07) is 19.3. The molecule has 2 rings (SSSR count). The number of aryl methyl sites for hydroxylation is 2. The summed E-state index contributed by atoms with van der Waals surface area (Å²) >= 11 is 0. The molecule has 3 nitrogen and oxygen atoms in total. The molecule has 0 heterocycles. The van der Waals surface area contributed by atoms with E-state index in [1.807, 2.05) is 30.3 Å². The Bertz CT molecular complexity index is 627. The van der Waals surface area contributed by atoms with Crippen molar-refractivity contribution >= 4 is 0 Å². The second-order valence-electron chi connectivity index (χ2n) is 7.67. The van der Waals surface area contributed by atoms with Gasteiger partial charge in [-0.25, -0.2) is 0 Å². The highest BCUT2D eigenvalue weighted by Crippen LogP contribution is 2.17. The zero-order valence-electron chi connectivity index (χ0n) is 16.9. The van der Waals surface area contributed by atoms with E-state index in [4.69, 9.17) is 5.73 Å². The SMILES string of the molecule is C[C@H](N[C@@H](C)CCCc1ccc(CCCCN)cc1)[C@H](O)c1ccccc1. The summed E-state index contributed by atoms with van der Waals surface area (Å²) in [6.07, 6.45) is 6.28. The van der Waals surface area contributed by atoms with Gasteiger partial charge in [-0.05, 0) is 75.6 Å². The van der Waals surface area contributed by atoms with Gasteiger partial charge in [0.15, 0.2) is 0 Å². The van der Waals surface area contributed by atoms with Crippen molar-refractivity contribution < 1.29 is 5.11 Å². The molecule has 0 aliphatic heterocycles. The first kappa shape index (κ1) is 21.6. The normalized spacial score (nSPS) is 14.7. The third-order valence-corrected chi connectivity index (χ3v) is 5.21. The fourth-order valence-electron chi connectivity index (χ4n) is 3.52. The summed E-state index contributed by atoms with van der Waals surface area (Å²) in [6.45, 7) is 5.04. The van der Waals surface area contributed by atoms with Gasteiger partial charge in [0.05, 0.1) is 6.10 Å². The number of benzene rings is 2. The molecule has 0 amide bonds. The highest BCUT2D eigenvalue weighted by Gasteiger charge is 2.17. The number of aliphatic hydroxyl groups is 1. The van der Waals surface area contributed by atoms with E-state index in [0.717, 1.165) is 44.2 Å². The number of hydrogen-bond donors (Lipinski definition) is 3. The van der Waals surface area contributed by atoms with E-state index >= 15 is 0 Å². The fourth-order valence-corrected chi connectivity index (χ4v) is 3.52. The van der Waals surface area contributed by atoms with Crippen LogP contribution in [0, 0.1) is 0 Å². The van der Waals surface area contributed by atoms with Gasteiger partial charge in [-0.1, -0.05) is 54.6 Å². The number of nitrogens with one attached hydrogen (secondary N) is 1. The monoisotopic (exact) mass is 368 g/mol. The van der Waals surface area contributed by atoms with Crippen LogP contribution in [-0.4, -0.2) is 23.7 Å². The summed E-state index contributed by atoms with van der Waals surface area (Å²) in [5, 5.41) is 14.0. The van der Waals surface area contributed by atoms with E-state index < -0.39 is 6.10 Å². The molecule has 4 N–H and O–H groups in total. The molecule has 0 saturated carbocycles. The number of rotatable bonds is 12. The van der Waals surface area contributed by atoms with Crippen LogP contribution in [-0.2, 0) is 12.8 Å². The maximum atomic E-state index is 10.5. The van der Waals surface area contributed by atoms with E-state index in [1.165, 1.54) is 17.5 Å². The second-order valence-corrected chi connectivity index (χ2v) is 7.67. The quantitative estimate of drug-likeness (QED) is 0.487. The molecular weight excluding hydrogens is 332 g/mol. The van der Waals surface area contributed by atoms with Crippen LogP contribution in [0.2, 0.25) is 0 Å². The van der Waals surface area contributed by atoms with Crippen molar-refractivity contribution in [3.05, 3.63) is 71.3 Å². The van der Waals surface area contributed by atoms with Crippen LogP contribution in [0.3, 0.4) is 0 Å². The zero-order chi connectivity index (χ0) is 19.5. The Balaban J connectivity index is 1.68. The molecule has 2 aromatic carbocycles. The number of nitrogens with two attached hydrogens (primary N) is 1. The van der Waals surface area contributed by atoms with E-state index in [2.05, 4.69) is 43.4 Å². The third-order valence-electron chi connectivity index (χ3n) is 5.21. The van der Waals surface area contributed by atoms with E-state index in [9.17, 15) is 5.11 Å². The minimum absolute atomic E-state index is 0.0372. The van der Waals surface area contributed by atoms with Crippen molar-refractivity contribution in [1.82, 2.24) is 5.32 Å². The first-order valence-corrected chi connectivity index (χ1v) is 10.4. The maximum absolute atomic E-state index is 10.5. The average Bonchev–Trinajstić information content (AvgIpc) is 2.69. The highest BCUT2D eigenvalue weighted by atomic mass is 16.3. The summed E-state index contributed by atoms with van der Waals surface area (Å²) in [5.74, 6) is 0. The largest absolute Gasteiger partial charge is 0.387 e. The van der Waals surface area contributed by atoms with Gasteiger partial charge in [-0.15, -0.1) is 0 Å². The molecule has 148 valence electrons. The van der Waals surface area contributed by atoms with Crippen LogP contribution >= 0.6 is 0 Å². The molecule has 0 fully saturated rings. The van der Waals surface area contributed by atoms with Gasteiger partial charge < -0.3 is 16.2 Å². The van der Waals surface area contributed by atoms with Gasteiger partial charge in [0, 0.05) is 12.1 Å². The Hall–Kier alpha value is -1.68. The van der Waals surface area contributed by atoms with Crippen LogP contribution < -0.4 is 11.1 Å². The minimum Gasteiger partial charge on any atom is -0.387 e. The molecule has 27 heavy (non-hydrogen) atoms. The van der Waals surface area contributed by atoms with Crippen LogP contribution in [0.15, 0.2) is 54.6 Å². The van der Waals surface area contributed by atoms with Gasteiger partial charge in [0.25, 0.3) is 0 Å². The molecular formula is C24H36N2O. The van der Waals surface area contributed by atoms with Gasteiger partial charge in [0.1, 0.15) is 0 Å². The van der Waals surface area contributed by atoms with Crippen molar-refractivity contribution in [1.29, 1.82) is 0 Å². The van der Waals surface area contributed by atoms with Gasteiger partial charge in [0.2, 0.25) is 0 Å². The van der Waals surface area contributed by atoms with Crippen LogP contribution in [0.1, 0.15) is 62.3 Å². The van der Waals surface area contributed by atoms with E-state index in [-0.39, 0.29) is 6.04 Å².